The Kier molecular flexibility index (Phi) is 3.64. The number of nitrogens with two attached hydrogens (primary N) is 1. The molecular formula is C9H18N2OS. The van der Waals surface area contributed by atoms with E-state index in [0.29, 0.717) is 4.99 Å². The third-order valence-electron chi connectivity index (χ3n) is 2.43. The number of thiocarbonyl (C=S) groups is 1. The molecule has 3 N–H and O–H groups in total. The second-order valence-corrected chi connectivity index (χ2v) is 4.62. The molecule has 3 nitrogen and oxygen atoms in total. The number of aliphatic hydroxyl groups is 1. The molecule has 0 aromatic heterocycles. The molecule has 0 bridgehead atoms. The van der Waals surface area contributed by atoms with Crippen LogP contribution in [-0.2, 0) is 0 Å². The first-order valence-electron chi connectivity index (χ1n) is 4.73. The summed E-state index contributed by atoms with van der Waals surface area (Å²) in [6.07, 6.45) is 2.71. The average molecular weight is 202 g/mol. The Morgan fingerprint density at radius 2 is 2.38 bits per heavy atom. The first-order valence-corrected chi connectivity index (χ1v) is 5.13. The van der Waals surface area contributed by atoms with Crippen molar-refractivity contribution in [2.75, 3.05) is 19.6 Å². The lowest BCUT2D eigenvalue weighted by molar-refractivity contribution is -0.0145. The summed E-state index contributed by atoms with van der Waals surface area (Å²) in [5.74, 6) is 0. The fraction of sp³-hybridized carbons (Fsp3) is 0.889. The van der Waals surface area contributed by atoms with Crippen LogP contribution in [0.15, 0.2) is 0 Å². The van der Waals surface area contributed by atoms with E-state index in [2.05, 4.69) is 4.90 Å². The first kappa shape index (κ1) is 10.9. The third-order valence-corrected chi connectivity index (χ3v) is 2.63. The van der Waals surface area contributed by atoms with Crippen LogP contribution in [0, 0.1) is 0 Å². The molecule has 0 aromatic carbocycles. The monoisotopic (exact) mass is 202 g/mol. The Hall–Kier alpha value is -0.190. The number of β-amino-alcohol motifs (C(OH)–C–C–N with tert-alkyl or cyclic N) is 1. The highest BCUT2D eigenvalue weighted by molar-refractivity contribution is 7.80. The molecule has 1 saturated heterocycles. The Balaban J connectivity index is 2.30. The van der Waals surface area contributed by atoms with Gasteiger partial charge < -0.3 is 15.7 Å². The van der Waals surface area contributed by atoms with Crippen LogP contribution in [-0.4, -0.2) is 40.2 Å². The second kappa shape index (κ2) is 4.35. The van der Waals surface area contributed by atoms with Crippen LogP contribution in [0.3, 0.4) is 0 Å². The summed E-state index contributed by atoms with van der Waals surface area (Å²) in [7, 11) is 0. The van der Waals surface area contributed by atoms with E-state index >= 15 is 0 Å². The van der Waals surface area contributed by atoms with E-state index < -0.39 is 5.60 Å². The fourth-order valence-electron chi connectivity index (χ4n) is 1.78. The number of piperidine rings is 1. The minimum atomic E-state index is -0.519. The van der Waals surface area contributed by atoms with Crippen LogP contribution in [0.25, 0.3) is 0 Å². The summed E-state index contributed by atoms with van der Waals surface area (Å²) in [6, 6.07) is 0. The van der Waals surface area contributed by atoms with Crippen molar-refractivity contribution in [3.05, 3.63) is 0 Å². The van der Waals surface area contributed by atoms with E-state index in [0.717, 1.165) is 38.9 Å². The molecule has 1 unspecified atom stereocenters. The van der Waals surface area contributed by atoms with Gasteiger partial charge in [-0.15, -0.1) is 0 Å². The van der Waals surface area contributed by atoms with Gasteiger partial charge in [0.1, 0.15) is 0 Å². The zero-order valence-electron chi connectivity index (χ0n) is 8.12. The van der Waals surface area contributed by atoms with Gasteiger partial charge in [-0.25, -0.2) is 0 Å². The van der Waals surface area contributed by atoms with E-state index in [1.54, 1.807) is 0 Å². The Morgan fingerprint density at radius 1 is 1.69 bits per heavy atom. The van der Waals surface area contributed by atoms with E-state index in [4.69, 9.17) is 18.0 Å². The van der Waals surface area contributed by atoms with Crippen LogP contribution < -0.4 is 5.73 Å². The average Bonchev–Trinajstić information content (AvgIpc) is 1.99. The number of hydrogen-bond donors (Lipinski definition) is 2. The van der Waals surface area contributed by atoms with Gasteiger partial charge in [-0.1, -0.05) is 12.2 Å². The van der Waals surface area contributed by atoms with E-state index in [-0.39, 0.29) is 0 Å². The van der Waals surface area contributed by atoms with Crippen molar-refractivity contribution >= 4 is 17.2 Å². The minimum Gasteiger partial charge on any atom is -0.393 e. The molecule has 0 saturated carbocycles. The van der Waals surface area contributed by atoms with Crippen LogP contribution in [0.5, 0.6) is 0 Å². The molecule has 0 aliphatic carbocycles. The van der Waals surface area contributed by atoms with E-state index in [1.165, 1.54) is 0 Å². The van der Waals surface area contributed by atoms with Crippen LogP contribution in [0.4, 0.5) is 0 Å². The lowest BCUT2D eigenvalue weighted by atomic mass is 9.95. The highest BCUT2D eigenvalue weighted by Crippen LogP contribution is 2.19. The summed E-state index contributed by atoms with van der Waals surface area (Å²) in [4.78, 5) is 2.79. The molecule has 0 spiro atoms. The molecule has 0 aromatic rings. The van der Waals surface area contributed by atoms with Crippen LogP contribution in [0.1, 0.15) is 26.2 Å². The van der Waals surface area contributed by atoms with Crippen molar-refractivity contribution < 1.29 is 5.11 Å². The molecule has 76 valence electrons. The third kappa shape index (κ3) is 4.02. The number of likely N-dealkylation sites (tertiary alicyclic amines) is 1. The highest BCUT2D eigenvalue weighted by atomic mass is 32.1. The topological polar surface area (TPSA) is 49.5 Å². The molecule has 1 fully saturated rings. The van der Waals surface area contributed by atoms with Gasteiger partial charge in [-0.05, 0) is 26.3 Å². The minimum absolute atomic E-state index is 0.519. The first-order chi connectivity index (χ1) is 5.99. The lowest BCUT2D eigenvalue weighted by Gasteiger charge is -2.36. The van der Waals surface area contributed by atoms with Gasteiger partial charge in [0.2, 0.25) is 0 Å². The standard InChI is InChI=1S/C9H18N2OS/c1-9(12)4-2-5-11(7-9)6-3-8(10)13/h12H,2-7H2,1H3,(H2,10,13). The van der Waals surface area contributed by atoms with Gasteiger partial charge in [0.25, 0.3) is 0 Å². The van der Waals surface area contributed by atoms with Crippen molar-refractivity contribution in [1.29, 1.82) is 0 Å². The normalized spacial score (nSPS) is 30.3. The van der Waals surface area contributed by atoms with E-state index in [9.17, 15) is 5.11 Å². The van der Waals surface area contributed by atoms with Gasteiger partial charge in [0.05, 0.1) is 10.6 Å². The fourth-order valence-corrected chi connectivity index (χ4v) is 1.87. The number of rotatable bonds is 3. The maximum Gasteiger partial charge on any atom is 0.0746 e. The number of hydrogen-bond acceptors (Lipinski definition) is 3. The van der Waals surface area contributed by atoms with Gasteiger partial charge in [-0.2, -0.15) is 0 Å². The maximum absolute atomic E-state index is 9.80. The Morgan fingerprint density at radius 3 is 2.92 bits per heavy atom. The predicted molar refractivity (Wildman–Crippen MR) is 57.7 cm³/mol. The van der Waals surface area contributed by atoms with Gasteiger partial charge >= 0.3 is 0 Å². The summed E-state index contributed by atoms with van der Waals surface area (Å²) in [5.41, 5.74) is 4.90. The summed E-state index contributed by atoms with van der Waals surface area (Å²) in [5, 5.41) is 9.80. The van der Waals surface area contributed by atoms with Gasteiger partial charge in [0, 0.05) is 19.5 Å². The molecule has 1 aliphatic rings. The Bertz CT molecular complexity index is 194. The maximum atomic E-state index is 9.80. The zero-order valence-corrected chi connectivity index (χ0v) is 8.94. The van der Waals surface area contributed by atoms with Gasteiger partial charge in [-0.3, -0.25) is 0 Å². The molecule has 1 rings (SSSR count). The quantitative estimate of drug-likeness (QED) is 0.655. The van der Waals surface area contributed by atoms with Crippen LogP contribution >= 0.6 is 12.2 Å². The predicted octanol–water partition coefficient (Wildman–Crippen LogP) is 0.509. The molecule has 1 aliphatic heterocycles. The second-order valence-electron chi connectivity index (χ2n) is 4.09. The zero-order chi connectivity index (χ0) is 9.90. The Labute approximate surface area is 84.9 Å². The SMILES string of the molecule is CC1(O)CCCN(CCC(N)=S)C1. The molecular weight excluding hydrogens is 184 g/mol. The van der Waals surface area contributed by atoms with Crippen molar-refractivity contribution in [1.82, 2.24) is 4.90 Å². The summed E-state index contributed by atoms with van der Waals surface area (Å²) >= 11 is 4.81. The van der Waals surface area contributed by atoms with E-state index in [1.807, 2.05) is 6.92 Å². The molecule has 13 heavy (non-hydrogen) atoms. The molecule has 4 heteroatoms. The van der Waals surface area contributed by atoms with Crippen molar-refractivity contribution in [2.45, 2.75) is 31.8 Å². The van der Waals surface area contributed by atoms with Crippen LogP contribution in [0.2, 0.25) is 0 Å². The van der Waals surface area contributed by atoms with Gasteiger partial charge in [0.15, 0.2) is 0 Å². The largest absolute Gasteiger partial charge is 0.393 e. The lowest BCUT2D eigenvalue weighted by Crippen LogP contribution is -2.46. The summed E-state index contributed by atoms with van der Waals surface area (Å²) < 4.78 is 0. The summed E-state index contributed by atoms with van der Waals surface area (Å²) in [6.45, 7) is 4.57. The van der Waals surface area contributed by atoms with Crippen molar-refractivity contribution in [2.24, 2.45) is 5.73 Å². The molecule has 1 heterocycles. The molecule has 0 amide bonds. The smallest absolute Gasteiger partial charge is 0.0746 e. The molecule has 0 radical (unpaired) electrons. The number of nitrogens with zero attached hydrogens (tertiary/aromatic N) is 1. The van der Waals surface area contributed by atoms with Crippen molar-refractivity contribution in [3.63, 3.8) is 0 Å². The molecule has 1 atom stereocenters. The van der Waals surface area contributed by atoms with Crippen molar-refractivity contribution in [3.8, 4) is 0 Å². The highest BCUT2D eigenvalue weighted by Gasteiger charge is 2.27.